The first kappa shape index (κ1) is 22.4. The van der Waals surface area contributed by atoms with Crippen LogP contribution in [0.4, 0.5) is 0 Å². The summed E-state index contributed by atoms with van der Waals surface area (Å²) in [4.78, 5) is 40.7. The van der Waals surface area contributed by atoms with E-state index in [4.69, 9.17) is 10.5 Å². The Kier molecular flexibility index (Phi) is 6.59. The minimum Gasteiger partial charge on any atom is -0.391 e. The van der Waals surface area contributed by atoms with Crippen LogP contribution >= 0.6 is 0 Å². The van der Waals surface area contributed by atoms with E-state index in [1.54, 1.807) is 18.7 Å². The van der Waals surface area contributed by atoms with Crippen LogP contribution in [-0.2, 0) is 25.7 Å². The van der Waals surface area contributed by atoms with Crippen molar-refractivity contribution in [1.29, 1.82) is 0 Å². The second-order valence-electron chi connectivity index (χ2n) is 8.60. The van der Waals surface area contributed by atoms with Gasteiger partial charge in [-0.25, -0.2) is 0 Å². The summed E-state index contributed by atoms with van der Waals surface area (Å²) in [6.45, 7) is 5.92. The number of ether oxygens (including phenoxy) is 1. The summed E-state index contributed by atoms with van der Waals surface area (Å²) in [7, 11) is 0. The first-order valence-electron chi connectivity index (χ1n) is 10.4. The Hall–Kier alpha value is -2.29. The minimum atomic E-state index is -0.983. The van der Waals surface area contributed by atoms with Gasteiger partial charge in [0.05, 0.1) is 30.9 Å². The van der Waals surface area contributed by atoms with E-state index >= 15 is 0 Å². The number of imide groups is 1. The molecule has 1 spiro atoms. The average molecular weight is 418 g/mol. The third kappa shape index (κ3) is 3.99. The van der Waals surface area contributed by atoms with E-state index in [0.29, 0.717) is 19.6 Å². The number of likely N-dealkylation sites (tertiary alicyclic amines) is 2. The Bertz CT molecular complexity index is 797. The first-order chi connectivity index (χ1) is 14.2. The highest BCUT2D eigenvalue weighted by Crippen LogP contribution is 2.46. The molecular formula is C22H31N3O5. The number of benzene rings is 1. The highest BCUT2D eigenvalue weighted by atomic mass is 16.5. The van der Waals surface area contributed by atoms with Crippen molar-refractivity contribution in [2.24, 2.45) is 11.7 Å². The van der Waals surface area contributed by atoms with Gasteiger partial charge in [-0.3, -0.25) is 24.2 Å². The van der Waals surface area contributed by atoms with E-state index in [2.05, 4.69) is 0 Å². The van der Waals surface area contributed by atoms with Gasteiger partial charge in [0, 0.05) is 18.9 Å². The van der Waals surface area contributed by atoms with Crippen molar-refractivity contribution in [1.82, 2.24) is 9.80 Å². The lowest BCUT2D eigenvalue weighted by Crippen LogP contribution is -2.80. The topological polar surface area (TPSA) is 113 Å². The van der Waals surface area contributed by atoms with Gasteiger partial charge in [0.25, 0.3) is 0 Å². The molecule has 2 aliphatic rings. The van der Waals surface area contributed by atoms with Crippen LogP contribution in [-0.4, -0.2) is 69.5 Å². The lowest BCUT2D eigenvalue weighted by molar-refractivity contribution is -0.180. The normalized spacial score (nSPS) is 26.1. The molecule has 1 aromatic carbocycles. The zero-order valence-electron chi connectivity index (χ0n) is 17.8. The van der Waals surface area contributed by atoms with Gasteiger partial charge in [-0.2, -0.15) is 0 Å². The van der Waals surface area contributed by atoms with Crippen LogP contribution < -0.4 is 5.73 Å². The number of hydrogen-bond acceptors (Lipinski definition) is 6. The molecule has 0 saturated carbocycles. The van der Waals surface area contributed by atoms with Gasteiger partial charge in [-0.05, 0) is 18.9 Å². The van der Waals surface area contributed by atoms with Gasteiger partial charge in [0.2, 0.25) is 17.7 Å². The van der Waals surface area contributed by atoms with Gasteiger partial charge >= 0.3 is 0 Å². The number of nitrogens with two attached hydrogens (primary N) is 1. The lowest BCUT2D eigenvalue weighted by atomic mass is 9.75. The van der Waals surface area contributed by atoms with E-state index in [-0.39, 0.29) is 30.8 Å². The van der Waals surface area contributed by atoms with E-state index in [0.717, 1.165) is 5.56 Å². The lowest BCUT2D eigenvalue weighted by Gasteiger charge is -2.60. The Morgan fingerprint density at radius 2 is 1.93 bits per heavy atom. The molecule has 4 atom stereocenters. The van der Waals surface area contributed by atoms with Crippen LogP contribution in [0.1, 0.15) is 39.2 Å². The highest BCUT2D eigenvalue weighted by molar-refractivity contribution is 5.99. The van der Waals surface area contributed by atoms with Gasteiger partial charge in [-0.15, -0.1) is 0 Å². The van der Waals surface area contributed by atoms with E-state index in [9.17, 15) is 19.5 Å². The number of carbonyl (C=O) groups excluding carboxylic acids is 3. The number of rotatable bonds is 8. The monoisotopic (exact) mass is 417 g/mol. The maximum Gasteiger partial charge on any atom is 0.237 e. The summed E-state index contributed by atoms with van der Waals surface area (Å²) in [6.07, 6.45) is -0.203. The van der Waals surface area contributed by atoms with Crippen LogP contribution in [0.2, 0.25) is 0 Å². The molecule has 1 aromatic rings. The molecule has 0 radical (unpaired) electrons. The summed E-state index contributed by atoms with van der Waals surface area (Å²) in [5.74, 6) is -1.39. The number of aliphatic hydroxyl groups excluding tert-OH is 1. The van der Waals surface area contributed by atoms with Crippen molar-refractivity contribution in [2.45, 2.75) is 63.9 Å². The molecule has 0 bridgehead atoms. The first-order valence-corrected chi connectivity index (χ1v) is 10.4. The summed E-state index contributed by atoms with van der Waals surface area (Å²) in [6, 6.07) is 8.34. The molecule has 2 aliphatic heterocycles. The second kappa shape index (κ2) is 8.83. The van der Waals surface area contributed by atoms with Crippen LogP contribution in [0.5, 0.6) is 0 Å². The zero-order chi connectivity index (χ0) is 22.1. The molecule has 3 amide bonds. The molecule has 2 unspecified atom stereocenters. The fourth-order valence-corrected chi connectivity index (χ4v) is 4.67. The average Bonchev–Trinajstić information content (AvgIpc) is 3.03. The predicted molar refractivity (Wildman–Crippen MR) is 110 cm³/mol. The van der Waals surface area contributed by atoms with Gasteiger partial charge < -0.3 is 15.6 Å². The Labute approximate surface area is 177 Å². The molecule has 0 aliphatic carbocycles. The summed E-state index contributed by atoms with van der Waals surface area (Å²) < 4.78 is 5.95. The van der Waals surface area contributed by atoms with Crippen molar-refractivity contribution < 1.29 is 24.2 Å². The van der Waals surface area contributed by atoms with Crippen LogP contribution in [0.15, 0.2) is 30.3 Å². The Balaban J connectivity index is 1.85. The van der Waals surface area contributed by atoms with Crippen molar-refractivity contribution in [2.75, 3.05) is 13.2 Å². The van der Waals surface area contributed by atoms with Crippen molar-refractivity contribution >= 4 is 17.7 Å². The maximum atomic E-state index is 12.9. The highest BCUT2D eigenvalue weighted by Gasteiger charge is 2.64. The number of aliphatic hydroxyl groups is 1. The van der Waals surface area contributed by atoms with E-state index in [1.165, 1.54) is 11.8 Å². The Morgan fingerprint density at radius 1 is 1.27 bits per heavy atom. The Morgan fingerprint density at radius 3 is 2.50 bits per heavy atom. The van der Waals surface area contributed by atoms with Crippen LogP contribution in [0, 0.1) is 5.92 Å². The summed E-state index contributed by atoms with van der Waals surface area (Å²) in [5, 5.41) is 10.2. The fourth-order valence-electron chi connectivity index (χ4n) is 4.67. The molecule has 2 fully saturated rings. The van der Waals surface area contributed by atoms with Crippen LogP contribution in [0.3, 0.4) is 0 Å². The van der Waals surface area contributed by atoms with Gasteiger partial charge in [-0.1, -0.05) is 44.2 Å². The molecule has 2 heterocycles. The standard InChI is InChI=1S/C22H31N3O5/c1-14(2)21(29)25-18(27)9-10-22(25)13-24(19(15(3)26)20(23)28)17(22)12-30-11-16-7-5-4-6-8-16/h4-8,14-15,17,19,26H,9-13H2,1-3H3,(H2,23,28)/t15-,17?,19+,22?/m1/s1. The molecule has 164 valence electrons. The molecule has 8 nitrogen and oxygen atoms in total. The molecule has 30 heavy (non-hydrogen) atoms. The van der Waals surface area contributed by atoms with E-state index < -0.39 is 29.6 Å². The number of amides is 3. The number of nitrogens with zero attached hydrogens (tertiary/aromatic N) is 2. The zero-order valence-corrected chi connectivity index (χ0v) is 17.8. The number of carbonyl (C=O) groups is 3. The van der Waals surface area contributed by atoms with Gasteiger partial charge in [0.1, 0.15) is 6.04 Å². The third-order valence-electron chi connectivity index (χ3n) is 6.15. The molecular weight excluding hydrogens is 386 g/mol. The second-order valence-corrected chi connectivity index (χ2v) is 8.60. The largest absolute Gasteiger partial charge is 0.391 e. The maximum absolute atomic E-state index is 12.9. The SMILES string of the molecule is CC(C)C(=O)N1C(=O)CCC12CN([C@H](C(N)=O)[C@@H](C)O)C2COCc1ccccc1. The van der Waals surface area contributed by atoms with E-state index in [1.807, 2.05) is 30.3 Å². The quantitative estimate of drug-likeness (QED) is 0.643. The van der Waals surface area contributed by atoms with Crippen molar-refractivity contribution in [3.63, 3.8) is 0 Å². The fraction of sp³-hybridized carbons (Fsp3) is 0.591. The summed E-state index contributed by atoms with van der Waals surface area (Å²) in [5.41, 5.74) is 5.82. The number of primary amides is 1. The smallest absolute Gasteiger partial charge is 0.237 e. The van der Waals surface area contributed by atoms with Crippen LogP contribution in [0.25, 0.3) is 0 Å². The summed E-state index contributed by atoms with van der Waals surface area (Å²) >= 11 is 0. The minimum absolute atomic E-state index is 0.200. The molecule has 0 aromatic heterocycles. The predicted octanol–water partition coefficient (Wildman–Crippen LogP) is 0.666. The molecule has 3 rings (SSSR count). The van der Waals surface area contributed by atoms with Gasteiger partial charge in [0.15, 0.2) is 0 Å². The molecule has 3 N–H and O–H groups in total. The molecule has 2 saturated heterocycles. The van der Waals surface area contributed by atoms with Crippen molar-refractivity contribution in [3.05, 3.63) is 35.9 Å². The number of hydrogen-bond donors (Lipinski definition) is 2. The van der Waals surface area contributed by atoms with Crippen molar-refractivity contribution in [3.8, 4) is 0 Å². The molecule has 8 heteroatoms. The third-order valence-corrected chi connectivity index (χ3v) is 6.15.